The Morgan fingerprint density at radius 3 is 1.39 bits per heavy atom. The van der Waals surface area contributed by atoms with Crippen molar-refractivity contribution in [2.24, 2.45) is 0 Å². The van der Waals surface area contributed by atoms with Crippen LogP contribution in [0.2, 0.25) is 0 Å². The summed E-state index contributed by atoms with van der Waals surface area (Å²) in [6.07, 6.45) is -0.792. The van der Waals surface area contributed by atoms with Gasteiger partial charge in [-0.25, -0.2) is 8.78 Å². The van der Waals surface area contributed by atoms with Crippen LogP contribution in [0.25, 0.3) is 0 Å². The van der Waals surface area contributed by atoms with Crippen LogP contribution < -0.4 is 20.4 Å². The van der Waals surface area contributed by atoms with Crippen LogP contribution in [0.1, 0.15) is 23.3 Å². The predicted molar refractivity (Wildman–Crippen MR) is 137 cm³/mol. The van der Waals surface area contributed by atoms with Crippen molar-refractivity contribution in [3.63, 3.8) is 0 Å². The molecule has 0 bridgehead atoms. The van der Waals surface area contributed by atoms with E-state index in [9.17, 15) is 19.0 Å². The van der Waals surface area contributed by atoms with Gasteiger partial charge in [0.2, 0.25) is 0 Å². The Hall–Kier alpha value is -2.34. The van der Waals surface area contributed by atoms with Crippen LogP contribution in [0, 0.1) is 11.6 Å². The van der Waals surface area contributed by atoms with Crippen molar-refractivity contribution in [2.75, 3.05) is 89.6 Å². The summed E-state index contributed by atoms with van der Waals surface area (Å²) in [5.41, 5.74) is 2.78. The van der Waals surface area contributed by atoms with Gasteiger partial charge in [0.25, 0.3) is 0 Å². The monoisotopic (exact) mass is 508 g/mol. The number of aliphatic hydroxyl groups excluding tert-OH is 2. The summed E-state index contributed by atoms with van der Waals surface area (Å²) in [4.78, 5) is 4.03. The Balaban J connectivity index is 0.000000201. The lowest BCUT2D eigenvalue weighted by Gasteiger charge is -2.30. The number of halogens is 2. The molecule has 4 rings (SSSR count). The summed E-state index contributed by atoms with van der Waals surface area (Å²) in [7, 11) is 3.07. The fourth-order valence-electron chi connectivity index (χ4n) is 4.39. The molecule has 200 valence electrons. The number of methoxy groups -OCH3 is 2. The Labute approximate surface area is 211 Å². The average Bonchev–Trinajstić information content (AvgIpc) is 2.93. The fourth-order valence-corrected chi connectivity index (χ4v) is 4.39. The van der Waals surface area contributed by atoms with Gasteiger partial charge in [0.05, 0.1) is 24.6 Å². The van der Waals surface area contributed by atoms with E-state index in [-0.39, 0.29) is 24.8 Å². The Morgan fingerprint density at radius 2 is 1.08 bits per heavy atom. The number of benzene rings is 2. The van der Waals surface area contributed by atoms with Crippen molar-refractivity contribution < 1.29 is 28.5 Å². The van der Waals surface area contributed by atoms with Crippen molar-refractivity contribution in [1.29, 1.82) is 0 Å². The van der Waals surface area contributed by atoms with E-state index in [0.29, 0.717) is 11.4 Å². The number of piperazine rings is 2. The van der Waals surface area contributed by atoms with Crippen LogP contribution in [0.3, 0.4) is 0 Å². The summed E-state index contributed by atoms with van der Waals surface area (Å²) >= 11 is 0. The molecule has 36 heavy (non-hydrogen) atoms. The summed E-state index contributed by atoms with van der Waals surface area (Å²) < 4.78 is 38.0. The third kappa shape index (κ3) is 7.34. The van der Waals surface area contributed by atoms with E-state index < -0.39 is 12.2 Å². The first-order chi connectivity index (χ1) is 17.5. The lowest BCUT2D eigenvalue weighted by Crippen LogP contribution is -2.43. The molecule has 4 N–H and O–H groups in total. The van der Waals surface area contributed by atoms with Crippen molar-refractivity contribution in [1.82, 2.24) is 10.6 Å². The molecule has 2 aliphatic heterocycles. The SMILES string of the molecule is COC(CO)c1ccc(F)c(N2CCNCC2)c1.COC(CO)c1ccc(F)c(N2CCNCC2)c1. The van der Waals surface area contributed by atoms with Crippen LogP contribution in [0.5, 0.6) is 0 Å². The molecule has 2 heterocycles. The van der Waals surface area contributed by atoms with Crippen LogP contribution in [-0.2, 0) is 9.47 Å². The maximum absolute atomic E-state index is 13.9. The van der Waals surface area contributed by atoms with Crippen molar-refractivity contribution in [3.05, 3.63) is 59.2 Å². The van der Waals surface area contributed by atoms with E-state index >= 15 is 0 Å². The minimum absolute atomic E-state index is 0.108. The smallest absolute Gasteiger partial charge is 0.146 e. The third-order valence-corrected chi connectivity index (χ3v) is 6.50. The van der Waals surface area contributed by atoms with E-state index in [1.807, 2.05) is 9.80 Å². The molecule has 0 aliphatic carbocycles. The standard InChI is InChI=1S/2C13H19FN2O2/c2*1-18-13(9-17)10-2-3-11(14)12(8-10)16-6-4-15-5-7-16/h2*2-3,8,13,15,17H,4-7,9H2,1H3. The van der Waals surface area contributed by atoms with E-state index in [2.05, 4.69) is 10.6 Å². The molecule has 0 radical (unpaired) electrons. The molecule has 2 aliphatic rings. The molecule has 2 saturated heterocycles. The zero-order valence-corrected chi connectivity index (χ0v) is 21.1. The van der Waals surface area contributed by atoms with Crippen LogP contribution in [0.15, 0.2) is 36.4 Å². The molecule has 0 spiro atoms. The predicted octanol–water partition coefficient (Wildman–Crippen LogP) is 1.83. The number of rotatable bonds is 8. The lowest BCUT2D eigenvalue weighted by atomic mass is 10.1. The minimum Gasteiger partial charge on any atom is -0.393 e. The molecule has 8 nitrogen and oxygen atoms in total. The minimum atomic E-state index is -0.396. The number of hydrogen-bond acceptors (Lipinski definition) is 8. The van der Waals surface area contributed by atoms with Gasteiger partial charge in [0, 0.05) is 66.6 Å². The zero-order valence-electron chi connectivity index (χ0n) is 21.1. The molecule has 2 aromatic rings. The van der Waals surface area contributed by atoms with Gasteiger partial charge in [-0.15, -0.1) is 0 Å². The number of nitrogens with zero attached hydrogens (tertiary/aromatic N) is 2. The van der Waals surface area contributed by atoms with E-state index in [1.54, 1.807) is 24.3 Å². The van der Waals surface area contributed by atoms with Gasteiger partial charge in [-0.05, 0) is 35.4 Å². The number of anilines is 2. The van der Waals surface area contributed by atoms with Gasteiger partial charge >= 0.3 is 0 Å². The molecule has 0 saturated carbocycles. The van der Waals surface area contributed by atoms with Crippen LogP contribution in [-0.4, -0.2) is 90.0 Å². The third-order valence-electron chi connectivity index (χ3n) is 6.50. The first-order valence-electron chi connectivity index (χ1n) is 12.3. The molecule has 10 heteroatoms. The molecule has 2 fully saturated rings. The molecule has 0 aromatic heterocycles. The second-order valence-corrected chi connectivity index (χ2v) is 8.71. The number of ether oxygens (including phenoxy) is 2. The highest BCUT2D eigenvalue weighted by Gasteiger charge is 2.19. The van der Waals surface area contributed by atoms with E-state index in [4.69, 9.17) is 9.47 Å². The second kappa shape index (κ2) is 14.4. The topological polar surface area (TPSA) is 89.5 Å². The number of nitrogens with one attached hydrogen (secondary N) is 2. The zero-order chi connectivity index (χ0) is 25.9. The maximum atomic E-state index is 13.9. The van der Waals surface area contributed by atoms with Gasteiger partial charge in [-0.1, -0.05) is 12.1 Å². The second-order valence-electron chi connectivity index (χ2n) is 8.71. The van der Waals surface area contributed by atoms with Crippen LogP contribution >= 0.6 is 0 Å². The quantitative estimate of drug-likeness (QED) is 0.430. The van der Waals surface area contributed by atoms with Gasteiger partial charge in [-0.2, -0.15) is 0 Å². The van der Waals surface area contributed by atoms with Crippen LogP contribution in [0.4, 0.5) is 20.2 Å². The number of hydrogen-bond donors (Lipinski definition) is 4. The van der Waals surface area contributed by atoms with E-state index in [1.165, 1.54) is 26.4 Å². The highest BCUT2D eigenvalue weighted by molar-refractivity contribution is 5.52. The molecular formula is C26H38F2N4O4. The summed E-state index contributed by atoms with van der Waals surface area (Å²) in [6, 6.07) is 9.73. The fraction of sp³-hybridized carbons (Fsp3) is 0.538. The van der Waals surface area contributed by atoms with Gasteiger partial charge < -0.3 is 40.1 Å². The molecule has 2 atom stereocenters. The molecule has 0 amide bonds. The Morgan fingerprint density at radius 1 is 0.722 bits per heavy atom. The first-order valence-corrected chi connectivity index (χ1v) is 12.3. The van der Waals surface area contributed by atoms with Gasteiger partial charge in [0.1, 0.15) is 23.8 Å². The average molecular weight is 509 g/mol. The highest BCUT2D eigenvalue weighted by Crippen LogP contribution is 2.27. The number of aliphatic hydroxyl groups is 2. The summed E-state index contributed by atoms with van der Waals surface area (Å²) in [5.74, 6) is -0.457. The molecular weight excluding hydrogens is 470 g/mol. The van der Waals surface area contributed by atoms with Gasteiger partial charge in [-0.3, -0.25) is 0 Å². The van der Waals surface area contributed by atoms with Crippen molar-refractivity contribution in [3.8, 4) is 0 Å². The summed E-state index contributed by atoms with van der Waals surface area (Å²) in [6.45, 7) is 6.37. The maximum Gasteiger partial charge on any atom is 0.146 e. The first kappa shape index (κ1) is 28.2. The van der Waals surface area contributed by atoms with E-state index in [0.717, 1.165) is 63.5 Å². The largest absolute Gasteiger partial charge is 0.393 e. The Bertz CT molecular complexity index is 857. The molecule has 2 unspecified atom stereocenters. The van der Waals surface area contributed by atoms with Crippen molar-refractivity contribution >= 4 is 11.4 Å². The molecule has 2 aromatic carbocycles. The van der Waals surface area contributed by atoms with Crippen molar-refractivity contribution in [2.45, 2.75) is 12.2 Å². The lowest BCUT2D eigenvalue weighted by molar-refractivity contribution is 0.0484. The van der Waals surface area contributed by atoms with Gasteiger partial charge in [0.15, 0.2) is 0 Å². The highest BCUT2D eigenvalue weighted by atomic mass is 19.1. The normalized spacial score (nSPS) is 17.8. The Kier molecular flexibility index (Phi) is 11.3. The summed E-state index contributed by atoms with van der Waals surface area (Å²) in [5, 5.41) is 24.9.